The van der Waals surface area contributed by atoms with Crippen LogP contribution in [-0.4, -0.2) is 11.7 Å². The first-order valence-corrected chi connectivity index (χ1v) is 8.53. The minimum Gasteiger partial charge on any atom is -0.458 e. The Hall–Kier alpha value is -3.15. The van der Waals surface area contributed by atoms with Crippen LogP contribution in [-0.2, 0) is 11.3 Å². The first kappa shape index (κ1) is 18.6. The van der Waals surface area contributed by atoms with Crippen LogP contribution in [0.25, 0.3) is 22.1 Å². The average Bonchev–Trinajstić information content (AvgIpc) is 2.60. The number of nitrogens with one attached hydrogen (secondary N) is 1. The molecule has 1 N–H and O–H groups in total. The Labute approximate surface area is 155 Å². The van der Waals surface area contributed by atoms with Crippen molar-refractivity contribution in [2.24, 2.45) is 0 Å². The van der Waals surface area contributed by atoms with Crippen molar-refractivity contribution in [2.75, 3.05) is 0 Å². The van der Waals surface area contributed by atoms with Gasteiger partial charge in [0.15, 0.2) is 0 Å². The Morgan fingerprint density at radius 1 is 1.11 bits per heavy atom. The number of hydrogen-bond donors (Lipinski definition) is 1. The molecular formula is C21H20FNO4. The van der Waals surface area contributed by atoms with Gasteiger partial charge in [0.25, 0.3) is 0 Å². The second kappa shape index (κ2) is 7.23. The van der Waals surface area contributed by atoms with Crippen molar-refractivity contribution >= 4 is 17.1 Å². The largest absolute Gasteiger partial charge is 0.458 e. The van der Waals surface area contributed by atoms with Gasteiger partial charge < -0.3 is 14.5 Å². The Morgan fingerprint density at radius 2 is 1.78 bits per heavy atom. The molecule has 0 unspecified atom stereocenters. The van der Waals surface area contributed by atoms with Crippen LogP contribution in [0.5, 0.6) is 0 Å². The number of carbonyl (C=O) groups excluding carboxylic acids is 1. The molecule has 6 heteroatoms. The van der Waals surface area contributed by atoms with E-state index < -0.39 is 17.5 Å². The molecule has 5 nitrogen and oxygen atoms in total. The second-order valence-electron chi connectivity index (χ2n) is 7.06. The highest BCUT2D eigenvalue weighted by Crippen LogP contribution is 2.26. The smallest absolute Gasteiger partial charge is 0.408 e. The van der Waals surface area contributed by atoms with E-state index in [4.69, 9.17) is 9.15 Å². The lowest BCUT2D eigenvalue weighted by atomic mass is 10.0. The number of fused-ring (bicyclic) bond motifs is 1. The van der Waals surface area contributed by atoms with Gasteiger partial charge in [0, 0.05) is 5.56 Å². The first-order valence-electron chi connectivity index (χ1n) is 8.53. The summed E-state index contributed by atoms with van der Waals surface area (Å²) < 4.78 is 25.4. The minimum absolute atomic E-state index is 0.0860. The molecule has 2 aromatic carbocycles. The average molecular weight is 369 g/mol. The number of hydrogen-bond acceptors (Lipinski definition) is 4. The molecule has 0 atom stereocenters. The highest BCUT2D eigenvalue weighted by atomic mass is 19.1. The van der Waals surface area contributed by atoms with Crippen molar-refractivity contribution in [1.29, 1.82) is 0 Å². The highest BCUT2D eigenvalue weighted by molar-refractivity contribution is 5.83. The molecule has 3 rings (SSSR count). The van der Waals surface area contributed by atoms with Gasteiger partial charge in [-0.1, -0.05) is 30.3 Å². The Morgan fingerprint density at radius 3 is 2.48 bits per heavy atom. The number of alkyl carbamates (subject to hydrolysis) is 1. The second-order valence-corrected chi connectivity index (χ2v) is 7.06. The zero-order valence-electron chi connectivity index (χ0n) is 15.3. The monoisotopic (exact) mass is 369 g/mol. The van der Waals surface area contributed by atoms with Gasteiger partial charge >= 0.3 is 6.09 Å². The number of halogens is 1. The summed E-state index contributed by atoms with van der Waals surface area (Å²) >= 11 is 0. The minimum atomic E-state index is -0.664. The van der Waals surface area contributed by atoms with E-state index in [9.17, 15) is 14.0 Å². The fraction of sp³-hybridized carbons (Fsp3) is 0.238. The van der Waals surface area contributed by atoms with E-state index >= 15 is 0 Å². The molecule has 0 fully saturated rings. The Kier molecular flexibility index (Phi) is 4.99. The van der Waals surface area contributed by atoms with E-state index in [1.165, 1.54) is 12.1 Å². The molecule has 0 saturated heterocycles. The quantitative estimate of drug-likeness (QED) is 0.731. The Bertz CT molecular complexity index is 1050. The molecule has 0 aliphatic rings. The van der Waals surface area contributed by atoms with Gasteiger partial charge in [0.1, 0.15) is 22.8 Å². The fourth-order valence-electron chi connectivity index (χ4n) is 2.72. The Balaban J connectivity index is 2.08. The third kappa shape index (κ3) is 4.16. The van der Waals surface area contributed by atoms with Gasteiger partial charge in [0.05, 0.1) is 17.5 Å². The summed E-state index contributed by atoms with van der Waals surface area (Å²) in [5.41, 5.74) is -0.449. The molecule has 0 aliphatic heterocycles. The van der Waals surface area contributed by atoms with Crippen LogP contribution in [0.4, 0.5) is 9.18 Å². The van der Waals surface area contributed by atoms with E-state index in [0.717, 1.165) is 0 Å². The van der Waals surface area contributed by atoms with Crippen molar-refractivity contribution in [3.63, 3.8) is 0 Å². The van der Waals surface area contributed by atoms with E-state index in [2.05, 4.69) is 5.32 Å². The van der Waals surface area contributed by atoms with E-state index in [0.29, 0.717) is 11.0 Å². The van der Waals surface area contributed by atoms with Gasteiger partial charge in [-0.05, 0) is 39.0 Å². The molecular weight excluding hydrogens is 349 g/mol. The lowest BCUT2D eigenvalue weighted by molar-refractivity contribution is 0.0520. The van der Waals surface area contributed by atoms with Crippen molar-refractivity contribution in [2.45, 2.75) is 32.9 Å². The molecule has 27 heavy (non-hydrogen) atoms. The third-order valence-corrected chi connectivity index (χ3v) is 3.81. The van der Waals surface area contributed by atoms with Crippen LogP contribution >= 0.6 is 0 Å². The molecule has 3 aromatic rings. The maximum Gasteiger partial charge on any atom is 0.408 e. The van der Waals surface area contributed by atoms with Gasteiger partial charge in [-0.3, -0.25) is 4.79 Å². The lowest BCUT2D eigenvalue weighted by Crippen LogP contribution is -2.32. The number of ether oxygens (including phenoxy) is 1. The predicted molar refractivity (Wildman–Crippen MR) is 101 cm³/mol. The number of para-hydroxylation sites is 1. The molecule has 0 saturated carbocycles. The number of amides is 1. The van der Waals surface area contributed by atoms with Crippen molar-refractivity contribution in [1.82, 2.24) is 5.32 Å². The van der Waals surface area contributed by atoms with E-state index in [-0.39, 0.29) is 28.9 Å². The first-order chi connectivity index (χ1) is 12.8. The molecule has 1 heterocycles. The predicted octanol–water partition coefficient (Wildman–Crippen LogP) is 4.62. The third-order valence-electron chi connectivity index (χ3n) is 3.81. The van der Waals surface area contributed by atoms with E-state index in [1.54, 1.807) is 57.2 Å². The van der Waals surface area contributed by atoms with Crippen LogP contribution < -0.4 is 10.7 Å². The summed E-state index contributed by atoms with van der Waals surface area (Å²) in [6, 6.07) is 12.7. The molecule has 0 aliphatic carbocycles. The summed E-state index contributed by atoms with van der Waals surface area (Å²) in [5.74, 6) is -0.381. The van der Waals surface area contributed by atoms with Crippen LogP contribution in [0, 0.1) is 5.82 Å². The van der Waals surface area contributed by atoms with Crippen LogP contribution in [0.3, 0.4) is 0 Å². The zero-order chi connectivity index (χ0) is 19.6. The number of rotatable bonds is 3. The molecule has 0 radical (unpaired) electrons. The highest BCUT2D eigenvalue weighted by Gasteiger charge is 2.21. The summed E-state index contributed by atoms with van der Waals surface area (Å²) in [6.45, 7) is 5.12. The van der Waals surface area contributed by atoms with Crippen molar-refractivity contribution in [3.8, 4) is 11.1 Å². The SMILES string of the molecule is CC(C)(C)OC(=O)NCc1oc2ccccc2c(=O)c1-c1ccccc1F. The van der Waals surface area contributed by atoms with Crippen molar-refractivity contribution in [3.05, 3.63) is 70.3 Å². The normalized spacial score (nSPS) is 11.4. The van der Waals surface area contributed by atoms with Crippen LogP contribution in [0.15, 0.2) is 57.7 Å². The van der Waals surface area contributed by atoms with Gasteiger partial charge in [-0.25, -0.2) is 9.18 Å². The maximum atomic E-state index is 14.4. The van der Waals surface area contributed by atoms with Gasteiger partial charge in [-0.2, -0.15) is 0 Å². The number of carbonyl (C=O) groups is 1. The number of benzene rings is 2. The van der Waals surface area contributed by atoms with Crippen LogP contribution in [0.1, 0.15) is 26.5 Å². The summed E-state index contributed by atoms with van der Waals surface area (Å²) in [5, 5.41) is 2.91. The molecule has 140 valence electrons. The molecule has 1 aromatic heterocycles. The maximum absolute atomic E-state index is 14.4. The molecule has 0 spiro atoms. The summed E-state index contributed by atoms with van der Waals surface area (Å²) in [7, 11) is 0. The van der Waals surface area contributed by atoms with Gasteiger partial charge in [0.2, 0.25) is 5.43 Å². The zero-order valence-corrected chi connectivity index (χ0v) is 15.3. The van der Waals surface area contributed by atoms with E-state index in [1.807, 2.05) is 0 Å². The van der Waals surface area contributed by atoms with Crippen LogP contribution in [0.2, 0.25) is 0 Å². The summed E-state index contributed by atoms with van der Waals surface area (Å²) in [6.07, 6.45) is -0.655. The lowest BCUT2D eigenvalue weighted by Gasteiger charge is -2.20. The topological polar surface area (TPSA) is 68.5 Å². The molecule has 0 bridgehead atoms. The van der Waals surface area contributed by atoms with Gasteiger partial charge in [-0.15, -0.1) is 0 Å². The summed E-state index contributed by atoms with van der Waals surface area (Å²) in [4.78, 5) is 25.0. The standard InChI is InChI=1S/C21H20FNO4/c1-21(2,3)27-20(25)23-12-17-18(13-8-4-6-10-15(13)22)19(24)14-9-5-7-11-16(14)26-17/h4-11H,12H2,1-3H3,(H,23,25). The molecule has 1 amide bonds. The van der Waals surface area contributed by atoms with Crippen molar-refractivity contribution < 1.29 is 18.3 Å². The fourth-order valence-corrected chi connectivity index (χ4v) is 2.72.